The standard InChI is InChI=1S/C19H18ClNO3/c1-11(2)21-17(14-9-5-6-10-15(14)20)16(19(23)24)12-7-3-4-8-13(12)18(21)22/h3-11,16-17H,1-2H3,(H,23,24)/t16-,17+/m0/s1. The Morgan fingerprint density at radius 1 is 1.08 bits per heavy atom. The average molecular weight is 344 g/mol. The van der Waals surface area contributed by atoms with Crippen molar-refractivity contribution in [3.05, 3.63) is 70.2 Å². The first kappa shape index (κ1) is 16.5. The van der Waals surface area contributed by atoms with Gasteiger partial charge in [0.2, 0.25) is 0 Å². The second-order valence-electron chi connectivity index (χ2n) is 6.18. The number of carbonyl (C=O) groups excluding carboxylic acids is 1. The molecule has 1 aliphatic rings. The smallest absolute Gasteiger partial charge is 0.313 e. The zero-order valence-electron chi connectivity index (χ0n) is 13.4. The van der Waals surface area contributed by atoms with Gasteiger partial charge in [-0.15, -0.1) is 0 Å². The van der Waals surface area contributed by atoms with E-state index in [0.717, 1.165) is 0 Å². The number of aliphatic carboxylic acids is 1. The van der Waals surface area contributed by atoms with Crippen molar-refractivity contribution in [1.82, 2.24) is 4.90 Å². The van der Waals surface area contributed by atoms with Crippen LogP contribution in [-0.2, 0) is 4.79 Å². The molecule has 1 aliphatic heterocycles. The molecule has 1 heterocycles. The van der Waals surface area contributed by atoms with Gasteiger partial charge in [-0.3, -0.25) is 9.59 Å². The molecule has 0 saturated heterocycles. The lowest BCUT2D eigenvalue weighted by atomic mass is 9.79. The minimum atomic E-state index is -0.967. The van der Waals surface area contributed by atoms with Gasteiger partial charge in [0.05, 0.1) is 6.04 Å². The molecule has 1 amide bonds. The van der Waals surface area contributed by atoms with E-state index in [1.165, 1.54) is 0 Å². The van der Waals surface area contributed by atoms with E-state index in [9.17, 15) is 14.7 Å². The zero-order valence-corrected chi connectivity index (χ0v) is 14.2. The van der Waals surface area contributed by atoms with Crippen LogP contribution in [0, 0.1) is 0 Å². The second kappa shape index (κ2) is 6.29. The third-order valence-corrected chi connectivity index (χ3v) is 4.77. The van der Waals surface area contributed by atoms with Crippen molar-refractivity contribution in [1.29, 1.82) is 0 Å². The first-order valence-electron chi connectivity index (χ1n) is 7.82. The van der Waals surface area contributed by atoms with Gasteiger partial charge in [-0.1, -0.05) is 48.0 Å². The number of nitrogens with zero attached hydrogens (tertiary/aromatic N) is 1. The van der Waals surface area contributed by atoms with Crippen molar-refractivity contribution in [3.8, 4) is 0 Å². The quantitative estimate of drug-likeness (QED) is 0.912. The molecule has 24 heavy (non-hydrogen) atoms. The molecule has 0 saturated carbocycles. The summed E-state index contributed by atoms with van der Waals surface area (Å²) in [4.78, 5) is 26.7. The summed E-state index contributed by atoms with van der Waals surface area (Å²) in [7, 11) is 0. The Morgan fingerprint density at radius 3 is 2.25 bits per heavy atom. The van der Waals surface area contributed by atoms with E-state index >= 15 is 0 Å². The van der Waals surface area contributed by atoms with Gasteiger partial charge >= 0.3 is 5.97 Å². The molecule has 3 rings (SSSR count). The monoisotopic (exact) mass is 343 g/mol. The Labute approximate surface area is 145 Å². The van der Waals surface area contributed by atoms with Gasteiger partial charge in [-0.2, -0.15) is 0 Å². The Morgan fingerprint density at radius 2 is 1.67 bits per heavy atom. The second-order valence-corrected chi connectivity index (χ2v) is 6.58. The first-order chi connectivity index (χ1) is 11.4. The normalized spacial score (nSPS) is 20.2. The lowest BCUT2D eigenvalue weighted by Gasteiger charge is -2.43. The SMILES string of the molecule is CC(C)N1C(=O)c2ccccc2[C@H](C(=O)O)[C@H]1c1ccccc1Cl. The van der Waals surface area contributed by atoms with Crippen LogP contribution in [0.15, 0.2) is 48.5 Å². The highest BCUT2D eigenvalue weighted by atomic mass is 35.5. The summed E-state index contributed by atoms with van der Waals surface area (Å²) < 4.78 is 0. The molecule has 2 atom stereocenters. The van der Waals surface area contributed by atoms with Crippen LogP contribution in [-0.4, -0.2) is 27.9 Å². The van der Waals surface area contributed by atoms with E-state index in [0.29, 0.717) is 21.7 Å². The highest BCUT2D eigenvalue weighted by Gasteiger charge is 2.45. The van der Waals surface area contributed by atoms with E-state index in [2.05, 4.69) is 0 Å². The summed E-state index contributed by atoms with van der Waals surface area (Å²) in [5, 5.41) is 10.4. The highest BCUT2D eigenvalue weighted by molar-refractivity contribution is 6.31. The fraction of sp³-hybridized carbons (Fsp3) is 0.263. The molecular formula is C19H18ClNO3. The van der Waals surface area contributed by atoms with Gasteiger partial charge in [-0.05, 0) is 37.1 Å². The predicted octanol–water partition coefficient (Wildman–Crippen LogP) is 4.11. The van der Waals surface area contributed by atoms with Crippen LogP contribution in [0.25, 0.3) is 0 Å². The van der Waals surface area contributed by atoms with Gasteiger partial charge < -0.3 is 10.0 Å². The molecule has 5 heteroatoms. The molecule has 2 aromatic carbocycles. The maximum Gasteiger partial charge on any atom is 0.313 e. The third-order valence-electron chi connectivity index (χ3n) is 4.42. The van der Waals surface area contributed by atoms with Crippen LogP contribution in [0.5, 0.6) is 0 Å². The molecule has 0 aromatic heterocycles. The third kappa shape index (κ3) is 2.57. The van der Waals surface area contributed by atoms with Crippen molar-refractivity contribution in [2.45, 2.75) is 31.8 Å². The van der Waals surface area contributed by atoms with Crippen molar-refractivity contribution >= 4 is 23.5 Å². The number of rotatable bonds is 3. The molecule has 0 fully saturated rings. The van der Waals surface area contributed by atoms with Crippen LogP contribution in [0.4, 0.5) is 0 Å². The number of carbonyl (C=O) groups is 2. The molecular weight excluding hydrogens is 326 g/mol. The minimum Gasteiger partial charge on any atom is -0.481 e. The Balaban J connectivity index is 2.29. The summed E-state index contributed by atoms with van der Waals surface area (Å²) in [5.41, 5.74) is 1.64. The number of hydrogen-bond acceptors (Lipinski definition) is 2. The summed E-state index contributed by atoms with van der Waals surface area (Å²) in [6.45, 7) is 3.77. The largest absolute Gasteiger partial charge is 0.481 e. The number of carboxylic acids is 1. The van der Waals surface area contributed by atoms with Gasteiger partial charge in [0.25, 0.3) is 5.91 Å². The van der Waals surface area contributed by atoms with Crippen LogP contribution in [0.3, 0.4) is 0 Å². The lowest BCUT2D eigenvalue weighted by molar-refractivity contribution is -0.140. The van der Waals surface area contributed by atoms with Gasteiger partial charge in [0.15, 0.2) is 0 Å². The van der Waals surface area contributed by atoms with Crippen LogP contribution < -0.4 is 0 Å². The number of benzene rings is 2. The zero-order chi connectivity index (χ0) is 17.4. The fourth-order valence-corrected chi connectivity index (χ4v) is 3.67. The molecule has 124 valence electrons. The van der Waals surface area contributed by atoms with Crippen molar-refractivity contribution < 1.29 is 14.7 Å². The Bertz CT molecular complexity index is 803. The van der Waals surface area contributed by atoms with Crippen molar-refractivity contribution in [2.24, 2.45) is 0 Å². The maximum absolute atomic E-state index is 13.0. The number of amides is 1. The van der Waals surface area contributed by atoms with Crippen LogP contribution in [0.2, 0.25) is 5.02 Å². The molecule has 0 radical (unpaired) electrons. The number of halogens is 1. The number of fused-ring (bicyclic) bond motifs is 1. The van der Waals surface area contributed by atoms with E-state index in [1.54, 1.807) is 47.4 Å². The number of carboxylic acid groups (broad SMARTS) is 1. The predicted molar refractivity (Wildman–Crippen MR) is 92.3 cm³/mol. The van der Waals surface area contributed by atoms with E-state index in [1.807, 2.05) is 19.9 Å². The lowest BCUT2D eigenvalue weighted by Crippen LogP contribution is -2.48. The molecule has 0 spiro atoms. The summed E-state index contributed by atoms with van der Waals surface area (Å²) >= 11 is 6.34. The van der Waals surface area contributed by atoms with Gasteiger partial charge in [-0.25, -0.2) is 0 Å². The molecule has 2 aromatic rings. The molecule has 0 aliphatic carbocycles. The molecule has 0 bridgehead atoms. The highest BCUT2D eigenvalue weighted by Crippen LogP contribution is 2.45. The van der Waals surface area contributed by atoms with E-state index in [-0.39, 0.29) is 11.9 Å². The number of hydrogen-bond donors (Lipinski definition) is 1. The first-order valence-corrected chi connectivity index (χ1v) is 8.20. The molecule has 1 N–H and O–H groups in total. The summed E-state index contributed by atoms with van der Waals surface area (Å²) in [5.74, 6) is -1.99. The van der Waals surface area contributed by atoms with Gasteiger partial charge in [0, 0.05) is 16.6 Å². The maximum atomic E-state index is 13.0. The Hall–Kier alpha value is -2.33. The molecule has 4 nitrogen and oxygen atoms in total. The van der Waals surface area contributed by atoms with Gasteiger partial charge in [0.1, 0.15) is 5.92 Å². The van der Waals surface area contributed by atoms with Crippen LogP contribution >= 0.6 is 11.6 Å². The van der Waals surface area contributed by atoms with Crippen molar-refractivity contribution in [3.63, 3.8) is 0 Å². The van der Waals surface area contributed by atoms with Crippen molar-refractivity contribution in [2.75, 3.05) is 0 Å². The topological polar surface area (TPSA) is 57.6 Å². The fourth-order valence-electron chi connectivity index (χ4n) is 3.43. The Kier molecular flexibility index (Phi) is 4.33. The van der Waals surface area contributed by atoms with E-state index in [4.69, 9.17) is 11.6 Å². The summed E-state index contributed by atoms with van der Waals surface area (Å²) in [6.07, 6.45) is 0. The van der Waals surface area contributed by atoms with E-state index < -0.39 is 17.9 Å². The molecule has 0 unspecified atom stereocenters. The van der Waals surface area contributed by atoms with Crippen LogP contribution in [0.1, 0.15) is 47.3 Å². The summed E-state index contributed by atoms with van der Waals surface area (Å²) in [6, 6.07) is 13.2. The average Bonchev–Trinajstić information content (AvgIpc) is 2.54. The minimum absolute atomic E-state index is 0.158.